The van der Waals surface area contributed by atoms with E-state index in [-0.39, 0.29) is 0 Å². The van der Waals surface area contributed by atoms with E-state index in [1.807, 2.05) is 7.05 Å². The third-order valence-corrected chi connectivity index (χ3v) is 2.12. The average Bonchev–Trinajstić information content (AvgIpc) is 1.96. The molecule has 0 aromatic carbocycles. The van der Waals surface area contributed by atoms with Crippen LogP contribution in [-0.2, 0) is 0 Å². The molecule has 0 saturated carbocycles. The Balaban J connectivity index is 3.56. The van der Waals surface area contributed by atoms with Crippen molar-refractivity contribution in [2.24, 2.45) is 10.4 Å². The first-order valence-corrected chi connectivity index (χ1v) is 4.94. The molecule has 0 atom stereocenters. The van der Waals surface area contributed by atoms with E-state index in [9.17, 15) is 0 Å². The fourth-order valence-electron chi connectivity index (χ4n) is 1.27. The van der Waals surface area contributed by atoms with Crippen LogP contribution in [0.2, 0.25) is 0 Å². The Bertz CT molecular complexity index is 140. The van der Waals surface area contributed by atoms with Crippen LogP contribution in [0.1, 0.15) is 53.4 Å². The number of nitrogens with zero attached hydrogens (tertiary/aromatic N) is 1. The summed E-state index contributed by atoms with van der Waals surface area (Å²) in [6.07, 6.45) is 4.88. The van der Waals surface area contributed by atoms with E-state index in [2.05, 4.69) is 32.7 Å². The molecule has 0 aliphatic heterocycles. The highest BCUT2D eigenvalue weighted by atomic mass is 14.7. The summed E-state index contributed by atoms with van der Waals surface area (Å²) in [6, 6.07) is 0. The lowest BCUT2D eigenvalue weighted by molar-refractivity contribution is 0.368. The zero-order valence-electron chi connectivity index (χ0n) is 9.28. The normalized spacial score (nSPS) is 13.6. The van der Waals surface area contributed by atoms with Gasteiger partial charge in [-0.05, 0) is 31.1 Å². The highest BCUT2D eigenvalue weighted by Gasteiger charge is 2.09. The smallest absolute Gasteiger partial charge is 0.0276 e. The van der Waals surface area contributed by atoms with Gasteiger partial charge in [-0.2, -0.15) is 0 Å². The lowest BCUT2D eigenvalue weighted by Gasteiger charge is -2.17. The highest BCUT2D eigenvalue weighted by molar-refractivity contribution is 5.83. The topological polar surface area (TPSA) is 12.4 Å². The largest absolute Gasteiger partial charge is 0.297 e. The molecule has 0 fully saturated rings. The standard InChI is InChI=1S/C11H23N/c1-6-10(12-5)8-7-9-11(2,3)4/h6-9H2,1-5H3/b12-10-. The van der Waals surface area contributed by atoms with Crippen molar-refractivity contribution in [3.63, 3.8) is 0 Å². The second-order valence-corrected chi connectivity index (χ2v) is 4.56. The SMILES string of the molecule is CC/C(CCCC(C)(C)C)=N/C. The zero-order chi connectivity index (χ0) is 9.61. The molecule has 0 saturated heterocycles. The van der Waals surface area contributed by atoms with E-state index in [1.54, 1.807) is 0 Å². The molecule has 0 spiro atoms. The first-order valence-electron chi connectivity index (χ1n) is 4.94. The van der Waals surface area contributed by atoms with Crippen LogP contribution in [0.25, 0.3) is 0 Å². The molecule has 0 rings (SSSR count). The molecule has 0 aliphatic carbocycles. The van der Waals surface area contributed by atoms with Crippen LogP contribution in [0.15, 0.2) is 4.99 Å². The van der Waals surface area contributed by atoms with Crippen molar-refractivity contribution < 1.29 is 0 Å². The maximum Gasteiger partial charge on any atom is 0.0276 e. The van der Waals surface area contributed by atoms with Crippen molar-refractivity contribution >= 4 is 5.71 Å². The zero-order valence-corrected chi connectivity index (χ0v) is 9.28. The molecule has 1 heteroatoms. The predicted molar refractivity (Wildman–Crippen MR) is 57.0 cm³/mol. The first-order chi connectivity index (χ1) is 5.49. The Kier molecular flexibility index (Phi) is 5.19. The fraction of sp³-hybridized carbons (Fsp3) is 0.909. The van der Waals surface area contributed by atoms with Gasteiger partial charge in [0.1, 0.15) is 0 Å². The third kappa shape index (κ3) is 6.38. The molecule has 0 N–H and O–H groups in total. The van der Waals surface area contributed by atoms with Gasteiger partial charge in [-0.1, -0.05) is 27.7 Å². The van der Waals surface area contributed by atoms with Gasteiger partial charge in [0.2, 0.25) is 0 Å². The number of hydrogen-bond donors (Lipinski definition) is 0. The number of aliphatic imine (C=N–C) groups is 1. The summed E-state index contributed by atoms with van der Waals surface area (Å²) in [5.74, 6) is 0. The predicted octanol–water partition coefficient (Wildman–Crippen LogP) is 3.68. The van der Waals surface area contributed by atoms with Gasteiger partial charge in [0.05, 0.1) is 0 Å². The van der Waals surface area contributed by atoms with Crippen LogP contribution in [0.5, 0.6) is 0 Å². The molecule has 0 aliphatic rings. The van der Waals surface area contributed by atoms with Crippen molar-refractivity contribution in [3.05, 3.63) is 0 Å². The molecule has 12 heavy (non-hydrogen) atoms. The van der Waals surface area contributed by atoms with Gasteiger partial charge < -0.3 is 0 Å². The summed E-state index contributed by atoms with van der Waals surface area (Å²) in [4.78, 5) is 4.24. The minimum absolute atomic E-state index is 0.479. The van der Waals surface area contributed by atoms with E-state index in [1.165, 1.54) is 25.0 Å². The van der Waals surface area contributed by atoms with E-state index in [4.69, 9.17) is 0 Å². The molecule has 0 aromatic heterocycles. The third-order valence-electron chi connectivity index (χ3n) is 2.12. The average molecular weight is 169 g/mol. The second-order valence-electron chi connectivity index (χ2n) is 4.56. The van der Waals surface area contributed by atoms with Crippen molar-refractivity contribution in [3.8, 4) is 0 Å². The minimum atomic E-state index is 0.479. The van der Waals surface area contributed by atoms with E-state index in [0.717, 1.165) is 6.42 Å². The number of hydrogen-bond acceptors (Lipinski definition) is 1. The lowest BCUT2D eigenvalue weighted by Crippen LogP contribution is -2.06. The van der Waals surface area contributed by atoms with Gasteiger partial charge in [0.15, 0.2) is 0 Å². The summed E-state index contributed by atoms with van der Waals surface area (Å²) < 4.78 is 0. The van der Waals surface area contributed by atoms with Crippen molar-refractivity contribution in [2.45, 2.75) is 53.4 Å². The molecule has 72 valence electrons. The Morgan fingerprint density at radius 3 is 2.17 bits per heavy atom. The monoisotopic (exact) mass is 169 g/mol. The van der Waals surface area contributed by atoms with E-state index < -0.39 is 0 Å². The lowest BCUT2D eigenvalue weighted by atomic mass is 9.89. The Labute approximate surface area is 77.3 Å². The Morgan fingerprint density at radius 1 is 1.25 bits per heavy atom. The van der Waals surface area contributed by atoms with Crippen LogP contribution in [0, 0.1) is 5.41 Å². The van der Waals surface area contributed by atoms with Crippen molar-refractivity contribution in [2.75, 3.05) is 7.05 Å². The minimum Gasteiger partial charge on any atom is -0.297 e. The molecular formula is C11H23N. The van der Waals surface area contributed by atoms with Gasteiger partial charge in [-0.3, -0.25) is 4.99 Å². The van der Waals surface area contributed by atoms with Crippen LogP contribution in [-0.4, -0.2) is 12.8 Å². The van der Waals surface area contributed by atoms with Gasteiger partial charge >= 0.3 is 0 Å². The summed E-state index contributed by atoms with van der Waals surface area (Å²) >= 11 is 0. The fourth-order valence-corrected chi connectivity index (χ4v) is 1.27. The summed E-state index contributed by atoms with van der Waals surface area (Å²) in [7, 11) is 1.90. The van der Waals surface area contributed by atoms with Gasteiger partial charge in [0.25, 0.3) is 0 Å². The van der Waals surface area contributed by atoms with Crippen LogP contribution < -0.4 is 0 Å². The Morgan fingerprint density at radius 2 is 1.83 bits per heavy atom. The van der Waals surface area contributed by atoms with Crippen LogP contribution in [0.3, 0.4) is 0 Å². The van der Waals surface area contributed by atoms with E-state index in [0.29, 0.717) is 5.41 Å². The summed E-state index contributed by atoms with van der Waals surface area (Å²) in [6.45, 7) is 9.06. The highest BCUT2D eigenvalue weighted by Crippen LogP contribution is 2.21. The molecule has 0 unspecified atom stereocenters. The number of rotatable bonds is 4. The molecule has 0 bridgehead atoms. The second kappa shape index (κ2) is 5.34. The van der Waals surface area contributed by atoms with Gasteiger partial charge in [0, 0.05) is 12.8 Å². The molecule has 1 nitrogen and oxygen atoms in total. The maximum atomic E-state index is 4.24. The van der Waals surface area contributed by atoms with E-state index >= 15 is 0 Å². The molecule has 0 heterocycles. The molecule has 0 amide bonds. The van der Waals surface area contributed by atoms with Gasteiger partial charge in [-0.15, -0.1) is 0 Å². The summed E-state index contributed by atoms with van der Waals surface area (Å²) in [5.41, 5.74) is 1.84. The van der Waals surface area contributed by atoms with Crippen LogP contribution >= 0.6 is 0 Å². The Hall–Kier alpha value is -0.330. The molecular weight excluding hydrogens is 146 g/mol. The van der Waals surface area contributed by atoms with Gasteiger partial charge in [-0.25, -0.2) is 0 Å². The van der Waals surface area contributed by atoms with Crippen molar-refractivity contribution in [1.82, 2.24) is 0 Å². The quantitative estimate of drug-likeness (QED) is 0.569. The summed E-state index contributed by atoms with van der Waals surface area (Å²) in [5, 5.41) is 0. The first kappa shape index (κ1) is 11.7. The van der Waals surface area contributed by atoms with Crippen molar-refractivity contribution in [1.29, 1.82) is 0 Å². The molecule has 0 aromatic rings. The van der Waals surface area contributed by atoms with Crippen LogP contribution in [0.4, 0.5) is 0 Å². The maximum absolute atomic E-state index is 4.24. The molecule has 0 radical (unpaired) electrons.